The number of nitrogens with zero attached hydrogens (tertiary/aromatic N) is 6. The Kier molecular flexibility index (Phi) is 5.25. The number of hydrogen-bond acceptors (Lipinski definition) is 7. The van der Waals surface area contributed by atoms with Gasteiger partial charge in [-0.2, -0.15) is 8.75 Å². The quantitative estimate of drug-likeness (QED) is 0.492. The molecular weight excluding hydrogens is 412 g/mol. The van der Waals surface area contributed by atoms with Crippen molar-refractivity contribution in [2.45, 2.75) is 19.4 Å². The molecule has 0 radical (unpaired) electrons. The van der Waals surface area contributed by atoms with Gasteiger partial charge in [0.1, 0.15) is 11.0 Å². The summed E-state index contributed by atoms with van der Waals surface area (Å²) in [4.78, 5) is 35.8. The summed E-state index contributed by atoms with van der Waals surface area (Å²) < 4.78 is 10.1. The van der Waals surface area contributed by atoms with Crippen molar-refractivity contribution < 1.29 is 4.79 Å². The molecule has 1 amide bonds. The molecule has 1 aliphatic rings. The lowest BCUT2D eigenvalue weighted by atomic mass is 9.96. The number of aromatic nitrogens is 5. The third kappa shape index (κ3) is 4.09. The molecule has 1 aliphatic heterocycles. The fourth-order valence-corrected chi connectivity index (χ4v) is 4.45. The number of piperidine rings is 1. The third-order valence-electron chi connectivity index (χ3n) is 5.69. The second-order valence-corrected chi connectivity index (χ2v) is 8.24. The van der Waals surface area contributed by atoms with Gasteiger partial charge < -0.3 is 4.90 Å². The first-order valence-electron chi connectivity index (χ1n) is 10.2. The summed E-state index contributed by atoms with van der Waals surface area (Å²) in [5.74, 6) is 0.353. The number of pyridine rings is 1. The Labute approximate surface area is 182 Å². The highest BCUT2D eigenvalue weighted by Crippen LogP contribution is 2.22. The van der Waals surface area contributed by atoms with E-state index >= 15 is 0 Å². The van der Waals surface area contributed by atoms with Gasteiger partial charge in [0, 0.05) is 49.2 Å². The molecule has 31 heavy (non-hydrogen) atoms. The molecule has 0 spiro atoms. The maximum atomic E-state index is 12.9. The topological polar surface area (TPSA) is 93.9 Å². The first-order valence-corrected chi connectivity index (χ1v) is 10.9. The molecular formula is C22H20N6O2S. The van der Waals surface area contributed by atoms with E-state index in [0.29, 0.717) is 36.8 Å². The minimum Gasteiger partial charge on any atom is -0.339 e. The zero-order chi connectivity index (χ0) is 21.2. The molecule has 0 N–H and O–H groups in total. The van der Waals surface area contributed by atoms with E-state index in [9.17, 15) is 9.59 Å². The summed E-state index contributed by atoms with van der Waals surface area (Å²) in [5, 5.41) is 0. The Morgan fingerprint density at radius 1 is 1.10 bits per heavy atom. The second-order valence-electron chi connectivity index (χ2n) is 7.71. The molecule has 9 heteroatoms. The van der Waals surface area contributed by atoms with Gasteiger partial charge in [-0.1, -0.05) is 0 Å². The van der Waals surface area contributed by atoms with E-state index in [1.165, 1.54) is 0 Å². The minimum atomic E-state index is -0.0717. The highest BCUT2D eigenvalue weighted by atomic mass is 32.1. The van der Waals surface area contributed by atoms with Crippen LogP contribution in [0, 0.1) is 5.92 Å². The van der Waals surface area contributed by atoms with Crippen LogP contribution >= 0.6 is 11.7 Å². The molecule has 4 aromatic rings. The van der Waals surface area contributed by atoms with E-state index in [1.54, 1.807) is 29.4 Å². The summed E-state index contributed by atoms with van der Waals surface area (Å²) in [7, 11) is 0. The number of benzene rings is 1. The van der Waals surface area contributed by atoms with E-state index in [0.717, 1.165) is 41.2 Å². The molecule has 0 saturated carbocycles. The number of likely N-dealkylation sites (tertiary alicyclic amines) is 1. The van der Waals surface area contributed by atoms with Gasteiger partial charge in [-0.3, -0.25) is 19.1 Å². The number of carbonyl (C=O) groups excluding carboxylic acids is 1. The molecule has 0 aliphatic carbocycles. The van der Waals surface area contributed by atoms with Crippen molar-refractivity contribution in [2.75, 3.05) is 13.1 Å². The molecule has 0 unspecified atom stereocenters. The summed E-state index contributed by atoms with van der Waals surface area (Å²) in [6.07, 6.45) is 6.70. The van der Waals surface area contributed by atoms with Crippen molar-refractivity contribution in [3.05, 3.63) is 71.0 Å². The highest BCUT2D eigenvalue weighted by Gasteiger charge is 2.24. The van der Waals surface area contributed by atoms with Gasteiger partial charge >= 0.3 is 0 Å². The molecule has 8 nitrogen and oxygen atoms in total. The van der Waals surface area contributed by atoms with Crippen LogP contribution in [0.15, 0.2) is 59.9 Å². The first kappa shape index (κ1) is 19.5. The Balaban J connectivity index is 1.22. The molecule has 3 aromatic heterocycles. The normalized spacial score (nSPS) is 14.8. The predicted octanol–water partition coefficient (Wildman–Crippen LogP) is 2.86. The maximum absolute atomic E-state index is 12.9. The van der Waals surface area contributed by atoms with Gasteiger partial charge in [0.05, 0.1) is 23.7 Å². The van der Waals surface area contributed by atoms with Crippen molar-refractivity contribution >= 4 is 28.7 Å². The summed E-state index contributed by atoms with van der Waals surface area (Å²) in [6, 6.07) is 10.7. The van der Waals surface area contributed by atoms with Crippen LogP contribution < -0.4 is 5.56 Å². The number of rotatable bonds is 4. The lowest BCUT2D eigenvalue weighted by Gasteiger charge is -2.32. The van der Waals surface area contributed by atoms with Gasteiger partial charge in [-0.25, -0.2) is 4.98 Å². The SMILES string of the molecule is O=C(c1ccc2nsnc2c1)N1CCC(Cn2cnc(-c3cccnc3)cc2=O)CC1. The predicted molar refractivity (Wildman–Crippen MR) is 118 cm³/mol. The average molecular weight is 433 g/mol. The zero-order valence-corrected chi connectivity index (χ0v) is 17.5. The Bertz CT molecular complexity index is 1280. The summed E-state index contributed by atoms with van der Waals surface area (Å²) >= 11 is 1.15. The van der Waals surface area contributed by atoms with Crippen LogP contribution in [0.5, 0.6) is 0 Å². The van der Waals surface area contributed by atoms with E-state index in [4.69, 9.17) is 0 Å². The lowest BCUT2D eigenvalue weighted by Crippen LogP contribution is -2.40. The third-order valence-corrected chi connectivity index (χ3v) is 6.25. The van der Waals surface area contributed by atoms with Crippen molar-refractivity contribution in [3.8, 4) is 11.3 Å². The molecule has 1 aromatic carbocycles. The largest absolute Gasteiger partial charge is 0.339 e. The fraction of sp³-hybridized carbons (Fsp3) is 0.273. The summed E-state index contributed by atoms with van der Waals surface area (Å²) in [5.41, 5.74) is 3.59. The highest BCUT2D eigenvalue weighted by molar-refractivity contribution is 7.00. The standard InChI is InChI=1S/C22H20N6O2S/c29-21-11-19(17-2-1-7-23-12-17)24-14-28(21)13-15-5-8-27(9-6-15)22(30)16-3-4-18-20(10-16)26-31-25-18/h1-4,7,10-12,14-15H,5-6,8-9,13H2. The minimum absolute atomic E-state index is 0.0213. The van der Waals surface area contributed by atoms with Gasteiger partial charge in [0.2, 0.25) is 0 Å². The second kappa shape index (κ2) is 8.35. The molecule has 0 bridgehead atoms. The average Bonchev–Trinajstić information content (AvgIpc) is 3.29. The number of amides is 1. The van der Waals surface area contributed by atoms with Crippen molar-refractivity contribution in [1.29, 1.82) is 0 Å². The summed E-state index contributed by atoms with van der Waals surface area (Å²) in [6.45, 7) is 1.96. The first-order chi connectivity index (χ1) is 15.2. The molecule has 1 saturated heterocycles. The van der Waals surface area contributed by atoms with Gasteiger partial charge in [0.15, 0.2) is 0 Å². The van der Waals surface area contributed by atoms with Crippen LogP contribution in [0.3, 0.4) is 0 Å². The molecule has 4 heterocycles. The number of hydrogen-bond donors (Lipinski definition) is 0. The lowest BCUT2D eigenvalue weighted by molar-refractivity contribution is 0.0682. The van der Waals surface area contributed by atoms with Crippen LogP contribution in [0.4, 0.5) is 0 Å². The smallest absolute Gasteiger partial charge is 0.253 e. The van der Waals surface area contributed by atoms with Gasteiger partial charge in [-0.15, -0.1) is 0 Å². The van der Waals surface area contributed by atoms with Crippen molar-refractivity contribution in [2.24, 2.45) is 5.92 Å². The Morgan fingerprint density at radius 3 is 2.71 bits per heavy atom. The molecule has 1 fully saturated rings. The van der Waals surface area contributed by atoms with E-state index < -0.39 is 0 Å². The Morgan fingerprint density at radius 2 is 1.94 bits per heavy atom. The molecule has 156 valence electrons. The van der Waals surface area contributed by atoms with Crippen molar-refractivity contribution in [1.82, 2.24) is 28.2 Å². The van der Waals surface area contributed by atoms with Crippen LogP contribution in [-0.4, -0.2) is 47.2 Å². The van der Waals surface area contributed by atoms with Crippen LogP contribution in [0.2, 0.25) is 0 Å². The Hall–Kier alpha value is -3.46. The van der Waals surface area contributed by atoms with Crippen LogP contribution in [-0.2, 0) is 6.54 Å². The monoisotopic (exact) mass is 432 g/mol. The fourth-order valence-electron chi connectivity index (χ4n) is 3.93. The van der Waals surface area contributed by atoms with Gasteiger partial charge in [0.25, 0.3) is 11.5 Å². The maximum Gasteiger partial charge on any atom is 0.253 e. The molecule has 0 atom stereocenters. The van der Waals surface area contributed by atoms with Crippen LogP contribution in [0.1, 0.15) is 23.2 Å². The number of carbonyl (C=O) groups is 1. The van der Waals surface area contributed by atoms with Crippen LogP contribution in [0.25, 0.3) is 22.3 Å². The van der Waals surface area contributed by atoms with Gasteiger partial charge in [-0.05, 0) is 49.1 Å². The van der Waals surface area contributed by atoms with Crippen molar-refractivity contribution in [3.63, 3.8) is 0 Å². The van der Waals surface area contributed by atoms with E-state index in [2.05, 4.69) is 18.7 Å². The molecule has 5 rings (SSSR count). The zero-order valence-electron chi connectivity index (χ0n) is 16.7. The van der Waals surface area contributed by atoms with E-state index in [1.807, 2.05) is 35.2 Å². The number of fused-ring (bicyclic) bond motifs is 1. The van der Waals surface area contributed by atoms with E-state index in [-0.39, 0.29) is 11.5 Å².